The van der Waals surface area contributed by atoms with E-state index in [1.807, 2.05) is 6.92 Å². The van der Waals surface area contributed by atoms with Gasteiger partial charge in [-0.15, -0.1) is 0 Å². The molecule has 328 valence electrons. The van der Waals surface area contributed by atoms with Crippen LogP contribution in [-0.2, 0) is 23.7 Å². The van der Waals surface area contributed by atoms with Gasteiger partial charge < -0.3 is 69.6 Å². The van der Waals surface area contributed by atoms with Crippen LogP contribution in [0, 0.1) is 50.2 Å². The molecule has 4 saturated carbocycles. The maximum absolute atomic E-state index is 12.1. The maximum atomic E-state index is 12.1. The largest absolute Gasteiger partial charge is 0.396 e. The maximum Gasteiger partial charge on any atom is 0.187 e. The minimum Gasteiger partial charge on any atom is -0.396 e. The standard InChI is InChI=1S/C43H72O14/c1-21-29(48)34(57-36-32(51)31(50)30(49)25(18-44)55-36)33(52)37(54-21)56-28-10-11-39(4)26(40(28,5)19-45)9-12-41(6)35(39)24(53-8)15-22-23-16-38(2,3)13-14-43(23,20-46)27(47)17-42(22,41)7/h15,21,23-37,44-52H,9-14,16-20H2,1-8H3/t21-,23-,24-,25-,26-,27-,28+,29+,30-,31+,32-,33-,34+,35-,36+,37+,39+,40+,41-,42-,43-/m1/s1. The van der Waals surface area contributed by atoms with Gasteiger partial charge in [-0.05, 0) is 91.8 Å². The molecule has 14 nitrogen and oxygen atoms in total. The third-order valence-electron chi connectivity index (χ3n) is 17.7. The summed E-state index contributed by atoms with van der Waals surface area (Å²) in [6.45, 7) is 14.4. The van der Waals surface area contributed by atoms with Crippen molar-refractivity contribution in [1.82, 2.24) is 0 Å². The van der Waals surface area contributed by atoms with E-state index in [0.717, 1.165) is 38.5 Å². The molecule has 0 radical (unpaired) electrons. The van der Waals surface area contributed by atoms with Crippen LogP contribution in [0.25, 0.3) is 0 Å². The fourth-order valence-electron chi connectivity index (χ4n) is 14.0. The van der Waals surface area contributed by atoms with Gasteiger partial charge in [-0.1, -0.05) is 53.2 Å². The van der Waals surface area contributed by atoms with Gasteiger partial charge in [-0.3, -0.25) is 0 Å². The van der Waals surface area contributed by atoms with Crippen LogP contribution in [-0.4, -0.2) is 153 Å². The molecule has 7 rings (SSSR count). The summed E-state index contributed by atoms with van der Waals surface area (Å²) in [4.78, 5) is 0. The zero-order chi connectivity index (χ0) is 41.8. The van der Waals surface area contributed by atoms with Crippen LogP contribution in [0.15, 0.2) is 11.6 Å². The summed E-state index contributed by atoms with van der Waals surface area (Å²) in [7, 11) is 1.78. The second kappa shape index (κ2) is 15.2. The highest BCUT2D eigenvalue weighted by molar-refractivity contribution is 5.37. The molecule has 21 atom stereocenters. The van der Waals surface area contributed by atoms with Crippen LogP contribution in [0.4, 0.5) is 0 Å². The first-order valence-corrected chi connectivity index (χ1v) is 21.4. The fraction of sp³-hybridized carbons (Fsp3) is 0.953. The minimum absolute atomic E-state index is 0.0303. The Morgan fingerprint density at radius 1 is 0.737 bits per heavy atom. The van der Waals surface area contributed by atoms with Crippen molar-refractivity contribution < 1.29 is 69.6 Å². The molecular weight excluding hydrogens is 740 g/mol. The van der Waals surface area contributed by atoms with E-state index >= 15 is 0 Å². The number of aliphatic hydroxyl groups excluding tert-OH is 9. The Balaban J connectivity index is 1.17. The third kappa shape index (κ3) is 6.48. The monoisotopic (exact) mass is 812 g/mol. The molecule has 2 aliphatic heterocycles. The van der Waals surface area contributed by atoms with E-state index in [4.69, 9.17) is 23.7 Å². The van der Waals surface area contributed by atoms with Crippen molar-refractivity contribution in [2.75, 3.05) is 26.9 Å². The zero-order valence-electron chi connectivity index (χ0n) is 35.2. The number of hydrogen-bond acceptors (Lipinski definition) is 14. The number of allylic oxidation sites excluding steroid dienone is 1. The molecule has 2 saturated heterocycles. The first kappa shape index (κ1) is 44.2. The average molecular weight is 813 g/mol. The van der Waals surface area contributed by atoms with Crippen molar-refractivity contribution in [3.05, 3.63) is 11.6 Å². The molecule has 6 fully saturated rings. The highest BCUT2D eigenvalue weighted by Gasteiger charge is 2.72. The smallest absolute Gasteiger partial charge is 0.187 e. The predicted octanol–water partition coefficient (Wildman–Crippen LogP) is 1.39. The number of methoxy groups -OCH3 is 1. The van der Waals surface area contributed by atoms with Crippen LogP contribution in [0.2, 0.25) is 0 Å². The van der Waals surface area contributed by atoms with Gasteiger partial charge in [0, 0.05) is 23.9 Å². The lowest BCUT2D eigenvalue weighted by molar-refractivity contribution is -0.368. The van der Waals surface area contributed by atoms with Crippen molar-refractivity contribution in [3.63, 3.8) is 0 Å². The van der Waals surface area contributed by atoms with Gasteiger partial charge in [0.25, 0.3) is 0 Å². The van der Waals surface area contributed by atoms with Gasteiger partial charge in [0.1, 0.15) is 42.7 Å². The summed E-state index contributed by atoms with van der Waals surface area (Å²) in [6.07, 6.45) is -7.49. The van der Waals surface area contributed by atoms with E-state index < -0.39 is 91.1 Å². The number of hydrogen-bond donors (Lipinski definition) is 9. The van der Waals surface area contributed by atoms with Crippen molar-refractivity contribution in [2.24, 2.45) is 50.2 Å². The number of aliphatic hydroxyl groups is 9. The molecule has 0 aromatic rings. The molecule has 0 amide bonds. The molecule has 0 unspecified atom stereocenters. The topological polar surface area (TPSA) is 228 Å². The second-order valence-electron chi connectivity index (χ2n) is 21.0. The lowest BCUT2D eigenvalue weighted by Crippen LogP contribution is -2.70. The molecule has 2 heterocycles. The summed E-state index contributed by atoms with van der Waals surface area (Å²) in [5, 5.41) is 98.1. The Kier molecular flexibility index (Phi) is 11.8. The van der Waals surface area contributed by atoms with E-state index in [0.29, 0.717) is 12.8 Å². The van der Waals surface area contributed by atoms with Gasteiger partial charge in [-0.25, -0.2) is 0 Å². The molecule has 7 aliphatic rings. The summed E-state index contributed by atoms with van der Waals surface area (Å²) >= 11 is 0. The molecule has 5 aliphatic carbocycles. The van der Waals surface area contributed by atoms with Gasteiger partial charge in [0.05, 0.1) is 44.2 Å². The number of ether oxygens (including phenoxy) is 5. The highest BCUT2D eigenvalue weighted by atomic mass is 16.7. The Morgan fingerprint density at radius 2 is 1.42 bits per heavy atom. The van der Waals surface area contributed by atoms with Crippen LogP contribution in [0.1, 0.15) is 99.8 Å². The van der Waals surface area contributed by atoms with Gasteiger partial charge in [-0.2, -0.15) is 0 Å². The average Bonchev–Trinajstić information content (AvgIpc) is 3.16. The third-order valence-corrected chi connectivity index (χ3v) is 17.7. The summed E-state index contributed by atoms with van der Waals surface area (Å²) < 4.78 is 30.6. The fourth-order valence-corrected chi connectivity index (χ4v) is 14.0. The molecule has 0 bridgehead atoms. The molecule has 0 aromatic carbocycles. The van der Waals surface area contributed by atoms with E-state index in [9.17, 15) is 46.0 Å². The first-order valence-electron chi connectivity index (χ1n) is 21.4. The molecule has 9 N–H and O–H groups in total. The minimum atomic E-state index is -1.74. The SMILES string of the molecule is CO[C@@H]1C=C2[C@H]3CC(C)(C)CC[C@]3(CO)[C@H](O)C[C@@]2(C)[C@]2(C)CC[C@H]3[C@](C)(CO)[C@@H](O[C@@H]4O[C@H](C)[C@H](O)[C@H](O[C@@H]5O[C@H](CO)[C@@H](O)[C@H](O)[C@H]5O)[C@H]4O)CC[C@]3(C)[C@@H]12. The summed E-state index contributed by atoms with van der Waals surface area (Å²) in [5.74, 6) is 0.0264. The Labute approximate surface area is 337 Å². The quantitative estimate of drug-likeness (QED) is 0.125. The van der Waals surface area contributed by atoms with E-state index in [-0.39, 0.29) is 58.7 Å². The van der Waals surface area contributed by atoms with Crippen LogP contribution in [0.3, 0.4) is 0 Å². The molecule has 0 spiro atoms. The van der Waals surface area contributed by atoms with Crippen molar-refractivity contribution >= 4 is 0 Å². The van der Waals surface area contributed by atoms with Crippen molar-refractivity contribution in [3.8, 4) is 0 Å². The molecule has 14 heteroatoms. The first-order chi connectivity index (χ1) is 26.6. The van der Waals surface area contributed by atoms with Gasteiger partial charge >= 0.3 is 0 Å². The number of fused-ring (bicyclic) bond motifs is 7. The number of rotatable bonds is 8. The Bertz CT molecular complexity index is 1490. The van der Waals surface area contributed by atoms with E-state index in [2.05, 4.69) is 40.7 Å². The van der Waals surface area contributed by atoms with Crippen LogP contribution in [0.5, 0.6) is 0 Å². The Hall–Kier alpha value is -0.820. The molecule has 57 heavy (non-hydrogen) atoms. The van der Waals surface area contributed by atoms with Crippen molar-refractivity contribution in [2.45, 2.75) is 180 Å². The van der Waals surface area contributed by atoms with Crippen LogP contribution >= 0.6 is 0 Å². The lowest BCUT2D eigenvalue weighted by atomic mass is 9.32. The molecule has 0 aromatic heterocycles. The lowest BCUT2D eigenvalue weighted by Gasteiger charge is -2.73. The normalized spacial score (nSPS) is 56.1. The highest BCUT2D eigenvalue weighted by Crippen LogP contribution is 2.76. The second-order valence-corrected chi connectivity index (χ2v) is 21.0. The Morgan fingerprint density at radius 3 is 2.05 bits per heavy atom. The van der Waals surface area contributed by atoms with Crippen molar-refractivity contribution in [1.29, 1.82) is 0 Å². The van der Waals surface area contributed by atoms with Crippen LogP contribution < -0.4 is 0 Å². The van der Waals surface area contributed by atoms with E-state index in [1.54, 1.807) is 14.0 Å². The zero-order valence-corrected chi connectivity index (χ0v) is 35.2. The predicted molar refractivity (Wildman–Crippen MR) is 205 cm³/mol. The van der Waals surface area contributed by atoms with Gasteiger partial charge in [0.15, 0.2) is 12.6 Å². The summed E-state index contributed by atoms with van der Waals surface area (Å²) in [6, 6.07) is 0. The molecular formula is C43H72O14. The summed E-state index contributed by atoms with van der Waals surface area (Å²) in [5.41, 5.74) is -0.934. The van der Waals surface area contributed by atoms with E-state index in [1.165, 1.54) is 5.57 Å². The van der Waals surface area contributed by atoms with Gasteiger partial charge in [0.2, 0.25) is 0 Å².